The van der Waals surface area contributed by atoms with Crippen molar-refractivity contribution in [3.8, 4) is 0 Å². The molecule has 2 heterocycles. The highest BCUT2D eigenvalue weighted by molar-refractivity contribution is 7.47. The minimum absolute atomic E-state index is 0.0203. The molecule has 0 bridgehead atoms. The number of aliphatic hydroxyl groups excluding tert-OH is 9. The van der Waals surface area contributed by atoms with Gasteiger partial charge in [-0.2, -0.15) is 0 Å². The molecule has 696 valence electrons. The second kappa shape index (κ2) is 71.6. The number of ether oxygens (including phenoxy) is 8. The normalized spacial score (nSPS) is 24.9. The van der Waals surface area contributed by atoms with E-state index in [4.69, 9.17) is 46.9 Å². The Morgan fingerprint density at radius 2 is 0.585 bits per heavy atom. The maximum absolute atomic E-state index is 14.9. The molecule has 2 saturated heterocycles. The lowest BCUT2D eigenvalue weighted by Crippen LogP contribution is -2.70. The summed E-state index contributed by atoms with van der Waals surface area (Å²) in [5, 5.41) is 102. The summed E-state index contributed by atoms with van der Waals surface area (Å²) in [6.07, 6.45) is 29.3. The molecule has 0 aromatic carbocycles. The number of esters is 4. The van der Waals surface area contributed by atoms with Crippen molar-refractivity contribution in [1.29, 1.82) is 0 Å². The standard InChI is InChI=1S/C92H173O25P/c1-5-9-13-17-21-25-29-33-36-39-43-46-50-54-58-62-66-77(96)111-72(69-108-75(94)64-60-56-52-48-44-40-32-28-24-20-16-12-8-4)70-110-118(106,107)117-90-88(115-91-85(104)81(100)79(98)73(68-93)112-91)84(103)83(102)87(114-78(97)67-63-59-55-51-47-42-38-35-31-27-23-19-15-11-7-3)89(90)116-92-86(105)82(101)80(99)74(113-92)71-109-76(95)65-61-57-53-49-45-41-37-34-30-26-22-18-14-10-6-2/h72-74,79-93,98-105H,5-71H2,1-4H3,(H,106,107). The molecule has 18 atom stereocenters. The van der Waals surface area contributed by atoms with E-state index in [1.165, 1.54) is 218 Å². The zero-order valence-electron chi connectivity index (χ0n) is 74.2. The summed E-state index contributed by atoms with van der Waals surface area (Å²) >= 11 is 0. The Morgan fingerprint density at radius 3 is 0.924 bits per heavy atom. The number of phosphoric acid groups is 1. The van der Waals surface area contributed by atoms with Crippen LogP contribution in [0.5, 0.6) is 0 Å². The molecule has 10 N–H and O–H groups in total. The van der Waals surface area contributed by atoms with Crippen molar-refractivity contribution < 1.29 is 122 Å². The number of unbranched alkanes of at least 4 members (excludes halogenated alkanes) is 55. The predicted molar refractivity (Wildman–Crippen MR) is 458 cm³/mol. The average Bonchev–Trinajstić information content (AvgIpc) is 0.755. The first-order valence-corrected chi connectivity index (χ1v) is 49.8. The third-order valence-corrected chi connectivity index (χ3v) is 24.8. The lowest BCUT2D eigenvalue weighted by Gasteiger charge is -2.50. The smallest absolute Gasteiger partial charge is 0.463 e. The number of carbonyl (C=O) groups is 4. The Balaban J connectivity index is 1.90. The molecule has 18 unspecified atom stereocenters. The molecule has 0 amide bonds. The van der Waals surface area contributed by atoms with Crippen LogP contribution in [0.2, 0.25) is 0 Å². The van der Waals surface area contributed by atoms with E-state index in [2.05, 4.69) is 27.7 Å². The van der Waals surface area contributed by atoms with E-state index in [0.29, 0.717) is 32.1 Å². The number of hydrogen-bond donors (Lipinski definition) is 10. The first-order chi connectivity index (χ1) is 57.2. The minimum Gasteiger partial charge on any atom is -0.463 e. The molecule has 0 spiro atoms. The maximum atomic E-state index is 14.9. The van der Waals surface area contributed by atoms with Crippen LogP contribution in [0.25, 0.3) is 0 Å². The number of hydrogen-bond acceptors (Lipinski definition) is 24. The van der Waals surface area contributed by atoms with Crippen LogP contribution in [0.15, 0.2) is 0 Å². The first kappa shape index (κ1) is 110. The van der Waals surface area contributed by atoms with Crippen molar-refractivity contribution in [3.05, 3.63) is 0 Å². The topological polar surface area (TPSA) is 380 Å². The summed E-state index contributed by atoms with van der Waals surface area (Å²) in [5.41, 5.74) is 0. The first-order valence-electron chi connectivity index (χ1n) is 48.3. The van der Waals surface area contributed by atoms with Gasteiger partial charge in [-0.1, -0.05) is 381 Å². The number of phosphoric ester groups is 1. The van der Waals surface area contributed by atoms with Gasteiger partial charge in [0, 0.05) is 25.7 Å². The Hall–Kier alpha value is -2.53. The maximum Gasteiger partial charge on any atom is 0.472 e. The van der Waals surface area contributed by atoms with Crippen LogP contribution in [0.3, 0.4) is 0 Å². The molecule has 118 heavy (non-hydrogen) atoms. The molecular formula is C92H173O25P. The van der Waals surface area contributed by atoms with Crippen molar-refractivity contribution in [2.24, 2.45) is 0 Å². The summed E-state index contributed by atoms with van der Waals surface area (Å²) in [5.74, 6) is -2.94. The number of aliphatic hydroxyl groups is 9. The van der Waals surface area contributed by atoms with Crippen LogP contribution < -0.4 is 0 Å². The Labute approximate surface area is 712 Å². The molecule has 3 rings (SSSR count). The second-order valence-corrected chi connectivity index (χ2v) is 36.0. The molecule has 1 aliphatic carbocycles. The van der Waals surface area contributed by atoms with Gasteiger partial charge < -0.3 is 88.7 Å². The number of rotatable bonds is 79. The minimum atomic E-state index is -5.80. The van der Waals surface area contributed by atoms with Gasteiger partial charge in [-0.05, 0) is 25.7 Å². The van der Waals surface area contributed by atoms with Crippen molar-refractivity contribution in [2.45, 2.75) is 536 Å². The summed E-state index contributed by atoms with van der Waals surface area (Å²) in [6, 6.07) is 0. The zero-order valence-corrected chi connectivity index (χ0v) is 75.1. The molecule has 26 heteroatoms. The van der Waals surface area contributed by atoms with Gasteiger partial charge in [-0.25, -0.2) is 4.57 Å². The van der Waals surface area contributed by atoms with Crippen molar-refractivity contribution >= 4 is 31.7 Å². The number of carbonyl (C=O) groups excluding carboxylic acids is 4. The average molecular weight is 1710 g/mol. The third kappa shape index (κ3) is 51.2. The predicted octanol–water partition coefficient (Wildman–Crippen LogP) is 18.2. The summed E-state index contributed by atoms with van der Waals surface area (Å²) < 4.78 is 73.5. The van der Waals surface area contributed by atoms with Gasteiger partial charge in [-0.3, -0.25) is 28.2 Å². The van der Waals surface area contributed by atoms with Crippen molar-refractivity contribution in [1.82, 2.24) is 0 Å². The van der Waals surface area contributed by atoms with E-state index >= 15 is 0 Å². The van der Waals surface area contributed by atoms with Gasteiger partial charge in [-0.15, -0.1) is 0 Å². The fourth-order valence-corrected chi connectivity index (χ4v) is 17.2. The van der Waals surface area contributed by atoms with Crippen LogP contribution in [0, 0.1) is 0 Å². The Morgan fingerprint density at radius 1 is 0.305 bits per heavy atom. The van der Waals surface area contributed by atoms with E-state index in [1.54, 1.807) is 0 Å². The highest BCUT2D eigenvalue weighted by Crippen LogP contribution is 2.49. The van der Waals surface area contributed by atoms with Gasteiger partial charge in [0.2, 0.25) is 0 Å². The molecule has 3 fully saturated rings. The van der Waals surface area contributed by atoms with Crippen LogP contribution >= 0.6 is 7.82 Å². The molecule has 0 aromatic rings. The van der Waals surface area contributed by atoms with Gasteiger partial charge in [0.15, 0.2) is 24.8 Å². The lowest BCUT2D eigenvalue weighted by atomic mass is 9.84. The molecule has 3 aliphatic rings. The molecule has 1 saturated carbocycles. The van der Waals surface area contributed by atoms with Gasteiger partial charge in [0.05, 0.1) is 13.2 Å². The van der Waals surface area contributed by atoms with E-state index in [0.717, 1.165) is 128 Å². The molecule has 0 aromatic heterocycles. The van der Waals surface area contributed by atoms with Gasteiger partial charge in [0.25, 0.3) is 0 Å². The van der Waals surface area contributed by atoms with Crippen molar-refractivity contribution in [3.63, 3.8) is 0 Å². The zero-order chi connectivity index (χ0) is 86.1. The third-order valence-electron chi connectivity index (χ3n) is 23.9. The van der Waals surface area contributed by atoms with Crippen LogP contribution in [-0.4, -0.2) is 205 Å². The molecule has 2 aliphatic heterocycles. The van der Waals surface area contributed by atoms with E-state index < -0.39 is 162 Å². The summed E-state index contributed by atoms with van der Waals surface area (Å²) in [7, 11) is -5.80. The quantitative estimate of drug-likeness (QED) is 0.0117. The fourth-order valence-electron chi connectivity index (χ4n) is 16.2. The lowest BCUT2D eigenvalue weighted by molar-refractivity contribution is -0.360. The van der Waals surface area contributed by atoms with Crippen LogP contribution in [0.1, 0.15) is 432 Å². The Bertz CT molecular complexity index is 2450. The van der Waals surface area contributed by atoms with Gasteiger partial charge >= 0.3 is 31.7 Å². The SMILES string of the molecule is CCCCCCCCCCCCCCCCCCC(=O)OC(COC(=O)CCCCCCCCCCCCCCC)COP(=O)(O)OC1C(OC2OC(CO)C(O)C(O)C2O)C(O)C(O)C(OC(=O)CCCCCCCCCCCCCCCCC)C1OC1OC(COC(=O)CCCCCCCCCCCCCCCCC)C(O)C(O)C1O. The fraction of sp³-hybridized carbons (Fsp3) is 0.957. The van der Waals surface area contributed by atoms with Crippen LogP contribution in [-0.2, 0) is 70.7 Å². The monoisotopic (exact) mass is 1710 g/mol. The van der Waals surface area contributed by atoms with E-state index in [-0.39, 0.29) is 25.7 Å². The van der Waals surface area contributed by atoms with E-state index in [9.17, 15) is 74.6 Å². The highest BCUT2D eigenvalue weighted by atomic mass is 31.2. The molecule has 25 nitrogen and oxygen atoms in total. The van der Waals surface area contributed by atoms with E-state index in [1.807, 2.05) is 0 Å². The highest BCUT2D eigenvalue weighted by Gasteiger charge is 2.60. The second-order valence-electron chi connectivity index (χ2n) is 34.6. The molecular weight excluding hydrogens is 1540 g/mol. The summed E-state index contributed by atoms with van der Waals surface area (Å²) in [6.45, 7) is 5.65. The Kier molecular flexibility index (Phi) is 66.5. The van der Waals surface area contributed by atoms with Gasteiger partial charge in [0.1, 0.15) is 92.6 Å². The largest absolute Gasteiger partial charge is 0.472 e. The van der Waals surface area contributed by atoms with Crippen molar-refractivity contribution in [2.75, 3.05) is 26.4 Å². The van der Waals surface area contributed by atoms with Crippen LogP contribution in [0.4, 0.5) is 0 Å². The molecule has 0 radical (unpaired) electrons. The summed E-state index contributed by atoms with van der Waals surface area (Å²) in [4.78, 5) is 66.5.